The number of rotatable bonds is 57. The molecule has 0 aromatic carbocycles. The van der Waals surface area contributed by atoms with Crippen LogP contribution in [0.5, 0.6) is 0 Å². The van der Waals surface area contributed by atoms with Crippen LogP contribution < -0.4 is 5.32 Å². The number of carbonyl (C=O) groups excluding carboxylic acids is 1. The number of ether oxygens (including phenoxy) is 6. The lowest BCUT2D eigenvalue weighted by Gasteiger charge is -2.48. The van der Waals surface area contributed by atoms with E-state index in [-0.39, 0.29) is 18.9 Å². The van der Waals surface area contributed by atoms with E-state index in [0.29, 0.717) is 12.8 Å². The van der Waals surface area contributed by atoms with Crippen LogP contribution in [0.3, 0.4) is 0 Å². The molecule has 0 aromatic heterocycles. The number of hydrogen-bond acceptors (Lipinski definition) is 18. The second-order valence-electron chi connectivity index (χ2n) is 26.4. The van der Waals surface area contributed by atoms with Gasteiger partial charge in [0, 0.05) is 6.42 Å². The van der Waals surface area contributed by atoms with Crippen molar-refractivity contribution < 1.29 is 89.4 Å². The van der Waals surface area contributed by atoms with E-state index in [1.165, 1.54) is 83.5 Å². The number of unbranched alkanes of at least 4 members (excludes halogenated alkanes) is 19. The Labute approximate surface area is 600 Å². The SMILES string of the molecule is CC/C=C\C/C=C\C/C=C\C/C=C\C/C=C\C/C=C\C/C=C\C/C=C\C/C=C\C/C=C\CCCCCCC(=O)NC(COC1OC(CO)C(OC2OC(CO)C(OC3OC(CO)C(O)C(O)C3O)C(O)C2O)C(O)C1O)C(O)/C=C/CC/C=C/CCCCCCCCCCCCCCCC. The highest BCUT2D eigenvalue weighted by Crippen LogP contribution is 2.33. The first kappa shape index (κ1) is 89.9. The van der Waals surface area contributed by atoms with Gasteiger partial charge in [0.2, 0.25) is 5.91 Å². The molecule has 3 aliphatic heterocycles. The quantitative estimate of drug-likeness (QED) is 0.0199. The van der Waals surface area contributed by atoms with E-state index < -0.39 is 124 Å². The average molecular weight is 1410 g/mol. The number of aliphatic hydroxyl groups is 11. The van der Waals surface area contributed by atoms with Gasteiger partial charge in [-0.2, -0.15) is 0 Å². The minimum Gasteiger partial charge on any atom is -0.394 e. The third-order valence-electron chi connectivity index (χ3n) is 17.9. The van der Waals surface area contributed by atoms with Crippen molar-refractivity contribution in [3.05, 3.63) is 146 Å². The molecule has 1 amide bonds. The van der Waals surface area contributed by atoms with E-state index in [1.807, 2.05) is 6.08 Å². The fourth-order valence-corrected chi connectivity index (χ4v) is 11.8. The van der Waals surface area contributed by atoms with Crippen molar-refractivity contribution in [2.45, 2.75) is 330 Å². The van der Waals surface area contributed by atoms with Crippen LogP contribution in [0, 0.1) is 0 Å². The van der Waals surface area contributed by atoms with E-state index in [4.69, 9.17) is 28.4 Å². The van der Waals surface area contributed by atoms with Crippen LogP contribution in [-0.4, -0.2) is 193 Å². The van der Waals surface area contributed by atoms with Gasteiger partial charge < -0.3 is 89.9 Å². The number of aliphatic hydroxyl groups excluding tert-OH is 11. The summed E-state index contributed by atoms with van der Waals surface area (Å²) in [7, 11) is 0. The zero-order valence-electron chi connectivity index (χ0n) is 60.6. The predicted octanol–water partition coefficient (Wildman–Crippen LogP) is 11.9. The monoisotopic (exact) mass is 1410 g/mol. The fraction of sp³-hybridized carbons (Fsp3) is 0.691. The summed E-state index contributed by atoms with van der Waals surface area (Å²) >= 11 is 0. The molecule has 12 N–H and O–H groups in total. The molecule has 17 unspecified atom stereocenters. The standard InChI is InChI=1S/C81H133NO18/c1-3-5-7-9-11-13-15-17-19-21-23-25-26-27-28-29-30-31-32-33-34-35-36-37-38-39-41-43-45-47-49-51-53-55-57-59-69(87)82-64(65(86)58-56-54-52-50-48-46-44-42-40-24-22-20-18-16-14-12-10-8-6-4-2)63-95-79-75(93)72(90)77(67(61-84)97-79)100-81-76(94)73(91)78(68(62-85)98-81)99-80-74(92)71(89)70(88)66(60-83)96-80/h5,7,11,13,17,19,23,25,27-28,30-31,33-34,36-37,39,41,45,47-48,50,56,58,64-68,70-81,83-86,88-94H,3-4,6,8-10,12,14-16,18,20-22,24,26,29,32,35,38,40,42-44,46,49,51-55,57,59-63H2,1-2H3,(H,82,87)/b7-5-,13-11-,19-17-,25-23-,28-27-,31-30-,34-33-,37-36-,41-39-,47-45-,50-48+,58-56+. The maximum absolute atomic E-state index is 13.4. The van der Waals surface area contributed by atoms with E-state index in [2.05, 4.69) is 153 Å². The van der Waals surface area contributed by atoms with Crippen molar-refractivity contribution in [1.82, 2.24) is 5.32 Å². The highest BCUT2D eigenvalue weighted by atomic mass is 16.8. The summed E-state index contributed by atoms with van der Waals surface area (Å²) in [5.74, 6) is -0.315. The van der Waals surface area contributed by atoms with Gasteiger partial charge in [-0.15, -0.1) is 0 Å². The van der Waals surface area contributed by atoms with Crippen molar-refractivity contribution in [2.24, 2.45) is 0 Å². The van der Waals surface area contributed by atoms with Gasteiger partial charge in [0.05, 0.1) is 38.6 Å². The van der Waals surface area contributed by atoms with Crippen molar-refractivity contribution in [3.63, 3.8) is 0 Å². The van der Waals surface area contributed by atoms with Crippen molar-refractivity contribution in [1.29, 1.82) is 0 Å². The molecule has 100 heavy (non-hydrogen) atoms. The van der Waals surface area contributed by atoms with Crippen molar-refractivity contribution >= 4 is 5.91 Å². The Hall–Kier alpha value is -4.33. The van der Waals surface area contributed by atoms with Crippen LogP contribution >= 0.6 is 0 Å². The van der Waals surface area contributed by atoms with Gasteiger partial charge in [-0.3, -0.25) is 4.79 Å². The van der Waals surface area contributed by atoms with Crippen molar-refractivity contribution in [2.75, 3.05) is 26.4 Å². The first-order valence-corrected chi connectivity index (χ1v) is 38.1. The molecule has 0 saturated carbocycles. The summed E-state index contributed by atoms with van der Waals surface area (Å²) in [4.78, 5) is 13.4. The molecule has 19 heteroatoms. The van der Waals surface area contributed by atoms with Gasteiger partial charge in [-0.25, -0.2) is 0 Å². The van der Waals surface area contributed by atoms with Gasteiger partial charge in [0.25, 0.3) is 0 Å². The molecular weight excluding hydrogens is 1270 g/mol. The Kier molecular flexibility index (Phi) is 53.9. The molecule has 17 atom stereocenters. The topological polar surface area (TPSA) is 307 Å². The van der Waals surface area contributed by atoms with Gasteiger partial charge in [-0.05, 0) is 109 Å². The molecule has 0 spiro atoms. The second-order valence-corrected chi connectivity index (χ2v) is 26.4. The Balaban J connectivity index is 1.41. The van der Waals surface area contributed by atoms with Crippen LogP contribution in [0.25, 0.3) is 0 Å². The minimum absolute atomic E-state index is 0.196. The number of nitrogens with one attached hydrogen (secondary N) is 1. The predicted molar refractivity (Wildman–Crippen MR) is 396 cm³/mol. The summed E-state index contributed by atoms with van der Waals surface area (Å²) in [5.41, 5.74) is 0. The van der Waals surface area contributed by atoms with E-state index in [0.717, 1.165) is 109 Å². The summed E-state index contributed by atoms with van der Waals surface area (Å²) in [5, 5.41) is 121. The van der Waals surface area contributed by atoms with Crippen molar-refractivity contribution in [3.8, 4) is 0 Å². The number of carbonyl (C=O) groups is 1. The average Bonchev–Trinajstić information content (AvgIpc) is 0.783. The molecule has 570 valence electrons. The lowest BCUT2D eigenvalue weighted by atomic mass is 9.96. The van der Waals surface area contributed by atoms with Gasteiger partial charge >= 0.3 is 0 Å². The highest BCUT2D eigenvalue weighted by molar-refractivity contribution is 5.76. The summed E-state index contributed by atoms with van der Waals surface area (Å²) in [6, 6.07) is -1.02. The van der Waals surface area contributed by atoms with Crippen LogP contribution in [0.1, 0.15) is 226 Å². The molecule has 0 radical (unpaired) electrons. The Morgan fingerprint density at radius 2 is 0.700 bits per heavy atom. The van der Waals surface area contributed by atoms with Gasteiger partial charge in [-0.1, -0.05) is 256 Å². The van der Waals surface area contributed by atoms with Crippen LogP contribution in [0.15, 0.2) is 146 Å². The molecule has 3 rings (SSSR count). The van der Waals surface area contributed by atoms with Crippen LogP contribution in [-0.2, 0) is 33.2 Å². The van der Waals surface area contributed by atoms with E-state index >= 15 is 0 Å². The molecular formula is C81H133NO18. The molecule has 3 aliphatic rings. The third kappa shape index (κ3) is 40.1. The molecule has 3 fully saturated rings. The zero-order chi connectivity index (χ0) is 72.5. The molecule has 3 saturated heterocycles. The van der Waals surface area contributed by atoms with Gasteiger partial charge in [0.15, 0.2) is 18.9 Å². The fourth-order valence-electron chi connectivity index (χ4n) is 11.8. The number of allylic oxidation sites excluding steroid dienone is 23. The largest absolute Gasteiger partial charge is 0.394 e. The third-order valence-corrected chi connectivity index (χ3v) is 17.9. The lowest BCUT2D eigenvalue weighted by molar-refractivity contribution is -0.379. The second kappa shape index (κ2) is 60.0. The first-order valence-electron chi connectivity index (χ1n) is 38.1. The van der Waals surface area contributed by atoms with Crippen LogP contribution in [0.2, 0.25) is 0 Å². The number of hydrogen-bond donors (Lipinski definition) is 12. The number of amides is 1. The van der Waals surface area contributed by atoms with Gasteiger partial charge in [0.1, 0.15) is 73.2 Å². The smallest absolute Gasteiger partial charge is 0.220 e. The van der Waals surface area contributed by atoms with E-state index in [9.17, 15) is 61.0 Å². The zero-order valence-corrected chi connectivity index (χ0v) is 60.6. The maximum atomic E-state index is 13.4. The Morgan fingerprint density at radius 3 is 1.12 bits per heavy atom. The summed E-state index contributed by atoms with van der Waals surface area (Å²) in [6.45, 7) is 1.57. The highest BCUT2D eigenvalue weighted by Gasteiger charge is 2.53. The normalized spacial score (nSPS) is 27.3. The molecule has 19 nitrogen and oxygen atoms in total. The summed E-state index contributed by atoms with van der Waals surface area (Å²) < 4.78 is 34.4. The Bertz CT molecular complexity index is 2380. The molecule has 0 aliphatic carbocycles. The van der Waals surface area contributed by atoms with E-state index in [1.54, 1.807) is 6.08 Å². The molecule has 0 aromatic rings. The Morgan fingerprint density at radius 1 is 0.370 bits per heavy atom. The van der Waals surface area contributed by atoms with Crippen LogP contribution in [0.4, 0.5) is 0 Å². The lowest BCUT2D eigenvalue weighted by Crippen LogP contribution is -2.66. The first-order chi connectivity index (χ1) is 48.8. The summed E-state index contributed by atoms with van der Waals surface area (Å²) in [6.07, 6.45) is 59.6. The maximum Gasteiger partial charge on any atom is 0.220 e. The molecule has 0 bridgehead atoms. The minimum atomic E-state index is -1.99. The molecule has 3 heterocycles.